The Kier molecular flexibility index (Phi) is 5.38. The molecule has 158 valence electrons. The maximum absolute atomic E-state index is 12.8. The van der Waals surface area contributed by atoms with Crippen molar-refractivity contribution >= 4 is 27.6 Å². The van der Waals surface area contributed by atoms with Crippen LogP contribution in [0.2, 0.25) is 0 Å². The van der Waals surface area contributed by atoms with Gasteiger partial charge in [-0.05, 0) is 51.1 Å². The first-order valence-corrected chi connectivity index (χ1v) is 11.0. The molecule has 0 aliphatic carbocycles. The Morgan fingerprint density at radius 2 is 1.52 bits per heavy atom. The quantitative estimate of drug-likeness (QED) is 0.421. The molecule has 0 atom stereocenters. The first kappa shape index (κ1) is 20.5. The third-order valence-corrected chi connectivity index (χ3v) is 5.83. The fraction of sp³-hybridized carbons (Fsp3) is 0.143. The molecule has 3 N–H and O–H groups in total. The standard InChI is InChI=1S/C21H21N7O2S/c1-13-8-10-16(11-9-13)31(29,30)28-18-7-5-4-6-17(18)19-24-21(27-26-19)25-20-22-14(2)12-15(3)23-20/h4-12,28H,1-3H3,(H2,22,23,24,25,26,27). The monoisotopic (exact) mass is 435 g/mol. The number of aryl methyl sites for hydroxylation is 3. The predicted molar refractivity (Wildman–Crippen MR) is 119 cm³/mol. The fourth-order valence-electron chi connectivity index (χ4n) is 3.02. The minimum atomic E-state index is -3.76. The van der Waals surface area contributed by atoms with Crippen molar-refractivity contribution in [2.45, 2.75) is 25.7 Å². The molecule has 10 heteroatoms. The first-order valence-electron chi connectivity index (χ1n) is 9.51. The number of benzene rings is 2. The summed E-state index contributed by atoms with van der Waals surface area (Å²) >= 11 is 0. The third-order valence-electron chi connectivity index (χ3n) is 4.45. The van der Waals surface area contributed by atoms with Crippen LogP contribution in [0.1, 0.15) is 17.0 Å². The van der Waals surface area contributed by atoms with Crippen molar-refractivity contribution in [3.63, 3.8) is 0 Å². The molecule has 4 aromatic rings. The Bertz CT molecular complexity index is 1310. The van der Waals surface area contributed by atoms with E-state index >= 15 is 0 Å². The van der Waals surface area contributed by atoms with Crippen LogP contribution in [0.4, 0.5) is 17.6 Å². The van der Waals surface area contributed by atoms with Crippen molar-refractivity contribution in [2.75, 3.05) is 10.0 Å². The molecule has 9 nitrogen and oxygen atoms in total. The van der Waals surface area contributed by atoms with Crippen molar-refractivity contribution in [2.24, 2.45) is 0 Å². The van der Waals surface area contributed by atoms with E-state index in [1.165, 1.54) is 0 Å². The van der Waals surface area contributed by atoms with Gasteiger partial charge in [0.1, 0.15) is 0 Å². The molecule has 2 aromatic carbocycles. The molecule has 0 spiro atoms. The summed E-state index contributed by atoms with van der Waals surface area (Å²) in [6.45, 7) is 5.65. The van der Waals surface area contributed by atoms with Gasteiger partial charge >= 0.3 is 0 Å². The number of rotatable bonds is 6. The highest BCUT2D eigenvalue weighted by Gasteiger charge is 2.18. The summed E-state index contributed by atoms with van der Waals surface area (Å²) in [4.78, 5) is 13.2. The molecular formula is C21H21N7O2S. The van der Waals surface area contributed by atoms with E-state index in [1.54, 1.807) is 48.5 Å². The van der Waals surface area contributed by atoms with Gasteiger partial charge in [0.15, 0.2) is 5.82 Å². The van der Waals surface area contributed by atoms with Gasteiger partial charge in [0, 0.05) is 17.0 Å². The molecule has 0 amide bonds. The summed E-state index contributed by atoms with van der Waals surface area (Å²) in [7, 11) is -3.76. The minimum Gasteiger partial charge on any atom is -0.291 e. The second-order valence-corrected chi connectivity index (χ2v) is 8.75. The lowest BCUT2D eigenvalue weighted by Gasteiger charge is -2.11. The Hall–Kier alpha value is -3.79. The highest BCUT2D eigenvalue weighted by Crippen LogP contribution is 2.28. The normalized spacial score (nSPS) is 11.3. The Balaban J connectivity index is 1.61. The van der Waals surface area contributed by atoms with Gasteiger partial charge < -0.3 is 0 Å². The highest BCUT2D eigenvalue weighted by atomic mass is 32.2. The Morgan fingerprint density at radius 1 is 0.839 bits per heavy atom. The van der Waals surface area contributed by atoms with Gasteiger partial charge in [0.05, 0.1) is 10.6 Å². The summed E-state index contributed by atoms with van der Waals surface area (Å²) in [6.07, 6.45) is 0. The number of aromatic nitrogens is 5. The number of H-pyrrole nitrogens is 1. The molecule has 2 aromatic heterocycles. The largest absolute Gasteiger partial charge is 0.291 e. The topological polar surface area (TPSA) is 126 Å². The smallest absolute Gasteiger partial charge is 0.261 e. The third kappa shape index (κ3) is 4.69. The van der Waals surface area contributed by atoms with Crippen molar-refractivity contribution in [1.29, 1.82) is 0 Å². The first-order chi connectivity index (χ1) is 14.8. The molecular weight excluding hydrogens is 414 g/mol. The number of hydrogen-bond donors (Lipinski definition) is 3. The van der Waals surface area contributed by atoms with Crippen LogP contribution in [0.3, 0.4) is 0 Å². The SMILES string of the molecule is Cc1ccc(S(=O)(=O)Nc2ccccc2-c2nc(Nc3nc(C)cc(C)n3)n[nH]2)cc1. The van der Waals surface area contributed by atoms with Crippen LogP contribution in [0, 0.1) is 20.8 Å². The van der Waals surface area contributed by atoms with E-state index in [0.29, 0.717) is 23.0 Å². The zero-order valence-corrected chi connectivity index (χ0v) is 18.0. The molecule has 0 fully saturated rings. The lowest BCUT2D eigenvalue weighted by molar-refractivity contribution is 0.601. The van der Waals surface area contributed by atoms with E-state index in [1.807, 2.05) is 26.8 Å². The van der Waals surface area contributed by atoms with Gasteiger partial charge in [-0.1, -0.05) is 29.8 Å². The molecule has 4 rings (SSSR count). The number of aromatic amines is 1. The van der Waals surface area contributed by atoms with Crippen molar-refractivity contribution in [3.8, 4) is 11.4 Å². The van der Waals surface area contributed by atoms with Crippen LogP contribution in [0.25, 0.3) is 11.4 Å². The highest BCUT2D eigenvalue weighted by molar-refractivity contribution is 7.92. The zero-order valence-electron chi connectivity index (χ0n) is 17.2. The van der Waals surface area contributed by atoms with Crippen LogP contribution in [0.5, 0.6) is 0 Å². The summed E-state index contributed by atoms with van der Waals surface area (Å²) in [5.41, 5.74) is 3.56. The molecule has 2 heterocycles. The molecule has 0 unspecified atom stereocenters. The minimum absolute atomic E-state index is 0.180. The zero-order chi connectivity index (χ0) is 22.0. The molecule has 31 heavy (non-hydrogen) atoms. The van der Waals surface area contributed by atoms with Gasteiger partial charge in [0.25, 0.3) is 10.0 Å². The van der Waals surface area contributed by atoms with E-state index in [4.69, 9.17) is 0 Å². The van der Waals surface area contributed by atoms with Crippen molar-refractivity contribution < 1.29 is 8.42 Å². The second kappa shape index (κ2) is 8.15. The average molecular weight is 436 g/mol. The van der Waals surface area contributed by atoms with Crippen molar-refractivity contribution in [3.05, 3.63) is 71.5 Å². The molecule has 0 aliphatic rings. The summed E-state index contributed by atoms with van der Waals surface area (Å²) in [5, 5.41) is 9.94. The Labute approximate surface area is 180 Å². The van der Waals surface area contributed by atoms with Crippen LogP contribution in [0.15, 0.2) is 59.5 Å². The van der Waals surface area contributed by atoms with Gasteiger partial charge in [-0.3, -0.25) is 15.1 Å². The van der Waals surface area contributed by atoms with Crippen molar-refractivity contribution in [1.82, 2.24) is 25.1 Å². The summed E-state index contributed by atoms with van der Waals surface area (Å²) in [5.74, 6) is 1.06. The molecule has 0 aliphatic heterocycles. The van der Waals surface area contributed by atoms with E-state index < -0.39 is 10.0 Å². The number of nitrogens with zero attached hydrogens (tertiary/aromatic N) is 4. The number of sulfonamides is 1. The van der Waals surface area contributed by atoms with E-state index in [2.05, 4.69) is 35.2 Å². The van der Waals surface area contributed by atoms with E-state index in [0.717, 1.165) is 17.0 Å². The van der Waals surface area contributed by atoms with E-state index in [-0.39, 0.29) is 10.8 Å². The summed E-state index contributed by atoms with van der Waals surface area (Å²) < 4.78 is 28.3. The lowest BCUT2D eigenvalue weighted by atomic mass is 10.2. The second-order valence-electron chi connectivity index (χ2n) is 7.07. The van der Waals surface area contributed by atoms with Gasteiger partial charge in [-0.15, -0.1) is 5.10 Å². The maximum Gasteiger partial charge on any atom is 0.261 e. The molecule has 0 saturated heterocycles. The predicted octanol–water partition coefficient (Wildman–Crippen LogP) is 3.73. The average Bonchev–Trinajstić information content (AvgIpc) is 3.16. The van der Waals surface area contributed by atoms with Crippen LogP contribution in [-0.4, -0.2) is 33.6 Å². The Morgan fingerprint density at radius 3 is 2.23 bits per heavy atom. The molecule has 0 saturated carbocycles. The van der Waals surface area contributed by atoms with Crippen LogP contribution in [-0.2, 0) is 10.0 Å². The number of nitrogens with one attached hydrogen (secondary N) is 3. The van der Waals surface area contributed by atoms with Crippen LogP contribution >= 0.6 is 0 Å². The maximum atomic E-state index is 12.8. The lowest BCUT2D eigenvalue weighted by Crippen LogP contribution is -2.13. The van der Waals surface area contributed by atoms with Crippen LogP contribution < -0.4 is 10.0 Å². The van der Waals surface area contributed by atoms with Gasteiger partial charge in [-0.2, -0.15) is 4.98 Å². The molecule has 0 bridgehead atoms. The van der Waals surface area contributed by atoms with E-state index in [9.17, 15) is 8.42 Å². The number of anilines is 3. The van der Waals surface area contributed by atoms with Gasteiger partial charge in [0.2, 0.25) is 11.9 Å². The molecule has 0 radical (unpaired) electrons. The summed E-state index contributed by atoms with van der Waals surface area (Å²) in [6, 6.07) is 15.5. The number of para-hydroxylation sites is 1. The number of hydrogen-bond acceptors (Lipinski definition) is 7. The van der Waals surface area contributed by atoms with Gasteiger partial charge in [-0.25, -0.2) is 18.4 Å². The fourth-order valence-corrected chi connectivity index (χ4v) is 4.10.